The number of pyridine rings is 1. The molecule has 0 amide bonds. The first-order chi connectivity index (χ1) is 15.5. The summed E-state index contributed by atoms with van der Waals surface area (Å²) in [6.07, 6.45) is 6.51. The van der Waals surface area contributed by atoms with Crippen LogP contribution in [0.5, 0.6) is 5.75 Å². The third-order valence-electron chi connectivity index (χ3n) is 6.08. The van der Waals surface area contributed by atoms with E-state index in [2.05, 4.69) is 5.32 Å². The fourth-order valence-corrected chi connectivity index (χ4v) is 4.18. The summed E-state index contributed by atoms with van der Waals surface area (Å²) >= 11 is 0. The first kappa shape index (κ1) is 20.5. The van der Waals surface area contributed by atoms with Gasteiger partial charge in [-0.1, -0.05) is 18.2 Å². The fourth-order valence-electron chi connectivity index (χ4n) is 4.18. The van der Waals surface area contributed by atoms with Crippen LogP contribution in [0, 0.1) is 5.82 Å². The van der Waals surface area contributed by atoms with E-state index in [0.29, 0.717) is 24.3 Å². The molecule has 2 aliphatic rings. The van der Waals surface area contributed by atoms with E-state index in [-0.39, 0.29) is 22.7 Å². The molecule has 1 saturated heterocycles. The molecule has 5 rings (SSSR count). The van der Waals surface area contributed by atoms with Gasteiger partial charge in [0.25, 0.3) is 0 Å². The van der Waals surface area contributed by atoms with Crippen molar-refractivity contribution < 1.29 is 14.3 Å². The SMILES string of the molecule is O=C(/C=C/c1ccc(O)cc1)c1cn(C2CC2)c2cc(N3CCNCC3)c(F)cc2c1=O. The van der Waals surface area contributed by atoms with Crippen molar-refractivity contribution in [3.05, 3.63) is 75.8 Å². The van der Waals surface area contributed by atoms with Gasteiger partial charge in [-0.15, -0.1) is 0 Å². The van der Waals surface area contributed by atoms with Crippen LogP contribution in [0.2, 0.25) is 0 Å². The normalized spacial score (nSPS) is 16.7. The number of carbonyl (C=O) groups excluding carboxylic acids is 1. The molecule has 164 valence electrons. The number of nitrogens with zero attached hydrogens (tertiary/aromatic N) is 2. The molecule has 7 heteroatoms. The van der Waals surface area contributed by atoms with Crippen LogP contribution in [-0.2, 0) is 0 Å². The van der Waals surface area contributed by atoms with E-state index in [0.717, 1.165) is 31.5 Å². The van der Waals surface area contributed by atoms with Gasteiger partial charge in [-0.05, 0) is 48.7 Å². The Hall–Kier alpha value is -3.45. The van der Waals surface area contributed by atoms with Crippen LogP contribution in [0.1, 0.15) is 34.8 Å². The first-order valence-corrected chi connectivity index (χ1v) is 10.9. The van der Waals surface area contributed by atoms with Crippen LogP contribution in [0.15, 0.2) is 53.5 Å². The van der Waals surface area contributed by atoms with Crippen molar-refractivity contribution in [3.63, 3.8) is 0 Å². The van der Waals surface area contributed by atoms with Crippen LogP contribution < -0.4 is 15.6 Å². The summed E-state index contributed by atoms with van der Waals surface area (Å²) in [4.78, 5) is 28.0. The molecule has 2 fully saturated rings. The topological polar surface area (TPSA) is 74.6 Å². The lowest BCUT2D eigenvalue weighted by atomic mass is 10.1. The first-order valence-electron chi connectivity index (χ1n) is 10.9. The molecule has 2 N–H and O–H groups in total. The maximum atomic E-state index is 15.0. The van der Waals surface area contributed by atoms with Crippen molar-refractivity contribution in [1.82, 2.24) is 9.88 Å². The standard InChI is InChI=1S/C25H24FN3O3/c26-21-13-19-22(14-23(21)28-11-9-27-10-12-28)29(17-4-5-17)15-20(25(19)32)24(31)8-3-16-1-6-18(30)7-2-16/h1-3,6-8,13-15,17,27,30H,4-5,9-12H2/b8-3+. The van der Waals surface area contributed by atoms with Crippen LogP contribution in [0.4, 0.5) is 10.1 Å². The van der Waals surface area contributed by atoms with Crippen LogP contribution in [0.25, 0.3) is 17.0 Å². The highest BCUT2D eigenvalue weighted by Crippen LogP contribution is 2.38. The Labute approximate surface area is 184 Å². The minimum Gasteiger partial charge on any atom is -0.508 e. The third-order valence-corrected chi connectivity index (χ3v) is 6.08. The highest BCUT2D eigenvalue weighted by molar-refractivity contribution is 6.08. The number of aromatic nitrogens is 1. The van der Waals surface area contributed by atoms with Gasteiger partial charge in [0.2, 0.25) is 5.43 Å². The molecule has 2 heterocycles. The lowest BCUT2D eigenvalue weighted by Gasteiger charge is -2.30. The maximum Gasteiger partial charge on any atom is 0.200 e. The number of ketones is 1. The number of piperazine rings is 1. The number of benzene rings is 2. The highest BCUT2D eigenvalue weighted by Gasteiger charge is 2.27. The molecule has 2 aromatic carbocycles. The number of carbonyl (C=O) groups is 1. The molecule has 1 saturated carbocycles. The molecule has 1 aromatic heterocycles. The third kappa shape index (κ3) is 3.91. The number of nitrogens with one attached hydrogen (secondary N) is 1. The largest absolute Gasteiger partial charge is 0.508 e. The summed E-state index contributed by atoms with van der Waals surface area (Å²) in [5.74, 6) is -0.730. The average Bonchev–Trinajstić information content (AvgIpc) is 3.65. The Balaban J connectivity index is 1.57. The number of hydrogen-bond donors (Lipinski definition) is 2. The minimum atomic E-state index is -0.456. The van der Waals surface area contributed by atoms with Gasteiger partial charge in [0.1, 0.15) is 11.6 Å². The lowest BCUT2D eigenvalue weighted by Crippen LogP contribution is -2.43. The number of anilines is 1. The van der Waals surface area contributed by atoms with E-state index in [1.807, 2.05) is 9.47 Å². The molecular weight excluding hydrogens is 409 g/mol. The van der Waals surface area contributed by atoms with E-state index >= 15 is 4.39 Å². The fraction of sp³-hybridized carbons (Fsp3) is 0.280. The lowest BCUT2D eigenvalue weighted by molar-refractivity contribution is 0.104. The molecule has 0 spiro atoms. The van der Waals surface area contributed by atoms with Crippen molar-refractivity contribution in [2.75, 3.05) is 31.1 Å². The Morgan fingerprint density at radius 1 is 1.12 bits per heavy atom. The highest BCUT2D eigenvalue weighted by atomic mass is 19.1. The van der Waals surface area contributed by atoms with Gasteiger partial charge >= 0.3 is 0 Å². The summed E-state index contributed by atoms with van der Waals surface area (Å²) < 4.78 is 17.0. The zero-order valence-corrected chi connectivity index (χ0v) is 17.6. The Morgan fingerprint density at radius 3 is 2.53 bits per heavy atom. The Morgan fingerprint density at radius 2 is 1.84 bits per heavy atom. The molecule has 0 unspecified atom stereocenters. The molecule has 3 aromatic rings. The van der Waals surface area contributed by atoms with Gasteiger partial charge < -0.3 is 19.9 Å². The summed E-state index contributed by atoms with van der Waals surface area (Å²) in [7, 11) is 0. The Kier molecular flexibility index (Phi) is 5.27. The molecule has 0 radical (unpaired) electrons. The molecule has 0 atom stereocenters. The minimum absolute atomic E-state index is 0.0359. The molecule has 0 bridgehead atoms. The zero-order valence-electron chi connectivity index (χ0n) is 17.6. The second-order valence-corrected chi connectivity index (χ2v) is 8.36. The van der Waals surface area contributed by atoms with Crippen LogP contribution >= 0.6 is 0 Å². The van der Waals surface area contributed by atoms with Crippen LogP contribution in [0.3, 0.4) is 0 Å². The number of rotatable bonds is 5. The van der Waals surface area contributed by atoms with E-state index in [4.69, 9.17) is 0 Å². The van der Waals surface area contributed by atoms with Gasteiger partial charge in [-0.2, -0.15) is 0 Å². The predicted octanol–water partition coefficient (Wildman–Crippen LogP) is 3.49. The van der Waals surface area contributed by atoms with E-state index in [1.54, 1.807) is 30.5 Å². The number of fused-ring (bicyclic) bond motifs is 1. The molecule has 32 heavy (non-hydrogen) atoms. The zero-order chi connectivity index (χ0) is 22.2. The smallest absolute Gasteiger partial charge is 0.200 e. The second kappa shape index (κ2) is 8.24. The van der Waals surface area contributed by atoms with E-state index in [9.17, 15) is 14.7 Å². The molecule has 1 aliphatic heterocycles. The monoisotopic (exact) mass is 433 g/mol. The maximum absolute atomic E-state index is 15.0. The number of hydrogen-bond acceptors (Lipinski definition) is 5. The summed E-state index contributed by atoms with van der Waals surface area (Å²) in [6, 6.07) is 9.67. The van der Waals surface area contributed by atoms with Gasteiger partial charge in [0.15, 0.2) is 5.78 Å². The van der Waals surface area contributed by atoms with Crippen molar-refractivity contribution in [3.8, 4) is 5.75 Å². The average molecular weight is 433 g/mol. The second-order valence-electron chi connectivity index (χ2n) is 8.36. The number of halogens is 1. The number of phenols is 1. The van der Waals surface area contributed by atoms with Gasteiger partial charge in [0.05, 0.1) is 16.8 Å². The molecule has 1 aliphatic carbocycles. The Bertz CT molecular complexity index is 1270. The summed E-state index contributed by atoms with van der Waals surface area (Å²) in [6.45, 7) is 2.98. The number of phenolic OH excluding ortho intramolecular Hbond substituents is 1. The number of aromatic hydroxyl groups is 1. The predicted molar refractivity (Wildman–Crippen MR) is 123 cm³/mol. The summed E-state index contributed by atoms with van der Waals surface area (Å²) in [5, 5.41) is 12.9. The number of allylic oxidation sites excluding steroid dienone is 1. The summed E-state index contributed by atoms with van der Waals surface area (Å²) in [5.41, 5.74) is 1.48. The van der Waals surface area contributed by atoms with Crippen molar-refractivity contribution in [2.45, 2.75) is 18.9 Å². The van der Waals surface area contributed by atoms with Gasteiger partial charge in [-0.25, -0.2) is 4.39 Å². The quantitative estimate of drug-likeness (QED) is 0.476. The van der Waals surface area contributed by atoms with E-state index in [1.165, 1.54) is 24.3 Å². The van der Waals surface area contributed by atoms with Gasteiger partial charge in [-0.3, -0.25) is 9.59 Å². The van der Waals surface area contributed by atoms with Crippen molar-refractivity contribution in [1.29, 1.82) is 0 Å². The van der Waals surface area contributed by atoms with Gasteiger partial charge in [0, 0.05) is 43.8 Å². The molecule has 6 nitrogen and oxygen atoms in total. The molecular formula is C25H24FN3O3. The van der Waals surface area contributed by atoms with E-state index < -0.39 is 17.0 Å². The van der Waals surface area contributed by atoms with Crippen LogP contribution in [-0.4, -0.2) is 41.6 Å². The van der Waals surface area contributed by atoms with Crippen molar-refractivity contribution >= 4 is 28.4 Å². The van der Waals surface area contributed by atoms with Crippen molar-refractivity contribution in [2.24, 2.45) is 0 Å².